The lowest BCUT2D eigenvalue weighted by Crippen LogP contribution is -2.51. The Balaban J connectivity index is 1.23. The Labute approximate surface area is 407 Å². The molecule has 3 aliphatic rings. The Morgan fingerprint density at radius 3 is 1.64 bits per heavy atom. The van der Waals surface area contributed by atoms with Gasteiger partial charge in [0.05, 0.1) is 15.3 Å². The lowest BCUT2D eigenvalue weighted by atomic mass is 9.70. The molecule has 0 radical (unpaired) electrons. The third-order valence-corrected chi connectivity index (χ3v) is 17.6. The minimum atomic E-state index is -4.99. The Bertz CT molecular complexity index is 3440. The monoisotopic (exact) mass is 1040 g/mol. The third-order valence-electron chi connectivity index (χ3n) is 14.2. The van der Waals surface area contributed by atoms with E-state index in [2.05, 4.69) is 4.90 Å². The highest BCUT2D eigenvalue weighted by Crippen LogP contribution is 2.56. The summed E-state index contributed by atoms with van der Waals surface area (Å²) in [6.07, 6.45) is 11.5. The van der Waals surface area contributed by atoms with Crippen LogP contribution in [0.25, 0.3) is 21.5 Å². The second-order valence-electron chi connectivity index (χ2n) is 19.0. The van der Waals surface area contributed by atoms with Gasteiger partial charge in [-0.2, -0.15) is 33.7 Å². The van der Waals surface area contributed by atoms with Crippen LogP contribution in [0.2, 0.25) is 0 Å². The van der Waals surface area contributed by atoms with E-state index in [9.17, 15) is 66.3 Å². The SMILES string of the molecule is CCN1c2ccc3c(S(=O)(=O)O)cc(S(=O)(=O)O)cc3c2C(C)(C)C1(C)/C=C/C=C/C=C1/N(CCCCCC(=O)CCN2C(=O)CCC2=O)c2ccc3c(S(=O)(=O)O)cc(S(=O)(=O)O)cc3c2C1(C)C. The zero-order valence-corrected chi connectivity index (χ0v) is 42.6. The van der Waals surface area contributed by atoms with Gasteiger partial charge in [0.15, 0.2) is 0 Å². The highest BCUT2D eigenvalue weighted by Gasteiger charge is 2.53. The highest BCUT2D eigenvalue weighted by atomic mass is 32.2. The van der Waals surface area contributed by atoms with Crippen LogP contribution in [-0.2, 0) is 65.7 Å². The van der Waals surface area contributed by atoms with Crippen molar-refractivity contribution in [3.8, 4) is 0 Å². The maximum atomic E-state index is 12.7. The van der Waals surface area contributed by atoms with Gasteiger partial charge in [0.2, 0.25) is 11.8 Å². The number of carbonyl (C=O) groups is 3. The number of carbonyl (C=O) groups excluding carboxylic acids is 3. The number of fused-ring (bicyclic) bond motifs is 6. The molecular formula is C48H55N3O15S4. The van der Waals surface area contributed by atoms with E-state index >= 15 is 0 Å². The van der Waals surface area contributed by atoms with Gasteiger partial charge in [-0.1, -0.05) is 70.6 Å². The Hall–Kier alpha value is -5.33. The summed E-state index contributed by atoms with van der Waals surface area (Å²) in [5.41, 5.74) is 0.450. The van der Waals surface area contributed by atoms with Crippen LogP contribution in [0.1, 0.15) is 97.6 Å². The van der Waals surface area contributed by atoms with E-state index < -0.39 is 76.4 Å². The summed E-state index contributed by atoms with van der Waals surface area (Å²) in [6, 6.07) is 10.1. The van der Waals surface area contributed by atoms with Gasteiger partial charge >= 0.3 is 0 Å². The quantitative estimate of drug-likeness (QED) is 0.0349. The fraction of sp³-hybridized carbons (Fsp3) is 0.396. The first kappa shape index (κ1) is 52.5. The molecule has 0 spiro atoms. The number of allylic oxidation sites excluding steroid dienone is 5. The van der Waals surface area contributed by atoms with Gasteiger partial charge in [0.25, 0.3) is 40.5 Å². The summed E-state index contributed by atoms with van der Waals surface area (Å²) in [4.78, 5) is 39.1. The maximum absolute atomic E-state index is 12.7. The van der Waals surface area contributed by atoms with Crippen molar-refractivity contribution in [2.75, 3.05) is 29.4 Å². The van der Waals surface area contributed by atoms with Crippen LogP contribution in [0.3, 0.4) is 0 Å². The van der Waals surface area contributed by atoms with Gasteiger partial charge in [-0.25, -0.2) is 0 Å². The second kappa shape index (κ2) is 18.4. The fourth-order valence-corrected chi connectivity index (χ4v) is 13.1. The molecule has 4 aromatic carbocycles. The second-order valence-corrected chi connectivity index (χ2v) is 24.6. The van der Waals surface area contributed by atoms with Crippen molar-refractivity contribution >= 4 is 91.0 Å². The summed E-state index contributed by atoms with van der Waals surface area (Å²) in [5.74, 6) is -0.647. The minimum absolute atomic E-state index is 0.0299. The van der Waals surface area contributed by atoms with Crippen LogP contribution < -0.4 is 9.80 Å². The summed E-state index contributed by atoms with van der Waals surface area (Å²) in [6.45, 7) is 12.4. The number of likely N-dealkylation sites (tertiary alicyclic amines) is 1. The molecule has 1 unspecified atom stereocenters. The number of unbranched alkanes of at least 4 members (excludes halogenated alkanes) is 2. The van der Waals surface area contributed by atoms with Crippen LogP contribution in [-0.4, -0.2) is 99.6 Å². The van der Waals surface area contributed by atoms with Crippen molar-refractivity contribution in [1.82, 2.24) is 4.90 Å². The highest BCUT2D eigenvalue weighted by molar-refractivity contribution is 7.87. The lowest BCUT2D eigenvalue weighted by Gasteiger charge is -2.43. The van der Waals surface area contributed by atoms with Crippen LogP contribution in [0.4, 0.5) is 11.4 Å². The number of nitrogens with zero attached hydrogens (tertiary/aromatic N) is 3. The number of rotatable bonds is 17. The van der Waals surface area contributed by atoms with Gasteiger partial charge in [0, 0.05) is 84.0 Å². The number of hydrogen-bond donors (Lipinski definition) is 4. The van der Waals surface area contributed by atoms with E-state index in [1.54, 1.807) is 24.3 Å². The predicted molar refractivity (Wildman–Crippen MR) is 262 cm³/mol. The predicted octanol–water partition coefficient (Wildman–Crippen LogP) is 7.32. The summed E-state index contributed by atoms with van der Waals surface area (Å²) in [7, 11) is -19.8. The number of benzene rings is 4. The Morgan fingerprint density at radius 1 is 0.600 bits per heavy atom. The molecule has 7 rings (SSSR count). The van der Waals surface area contributed by atoms with E-state index in [0.717, 1.165) is 11.0 Å². The molecule has 18 nitrogen and oxygen atoms in total. The molecule has 4 aromatic rings. The van der Waals surface area contributed by atoms with Crippen molar-refractivity contribution in [2.45, 2.75) is 122 Å². The van der Waals surface area contributed by atoms with Crippen LogP contribution >= 0.6 is 0 Å². The van der Waals surface area contributed by atoms with Gasteiger partial charge in [-0.05, 0) is 91.1 Å². The Kier molecular flexibility index (Phi) is 13.8. The van der Waals surface area contributed by atoms with E-state index in [4.69, 9.17) is 0 Å². The molecule has 376 valence electrons. The van der Waals surface area contributed by atoms with Crippen molar-refractivity contribution in [2.24, 2.45) is 0 Å². The molecule has 0 aliphatic carbocycles. The average Bonchev–Trinajstić information content (AvgIpc) is 3.75. The Morgan fingerprint density at radius 2 is 1.13 bits per heavy atom. The molecular weight excluding hydrogens is 987 g/mol. The molecule has 0 bridgehead atoms. The lowest BCUT2D eigenvalue weighted by molar-refractivity contribution is -0.138. The number of likely N-dealkylation sites (N-methyl/N-ethyl adjacent to an activating group) is 1. The zero-order chi connectivity index (χ0) is 51.7. The van der Waals surface area contributed by atoms with Crippen molar-refractivity contribution < 1.29 is 66.3 Å². The van der Waals surface area contributed by atoms with Crippen LogP contribution in [0.15, 0.2) is 104 Å². The van der Waals surface area contributed by atoms with Crippen LogP contribution in [0, 0.1) is 0 Å². The molecule has 3 heterocycles. The first-order chi connectivity index (χ1) is 32.4. The number of hydrogen-bond acceptors (Lipinski definition) is 13. The molecule has 1 saturated heterocycles. The molecule has 0 saturated carbocycles. The topological polar surface area (TPSA) is 278 Å². The third kappa shape index (κ3) is 9.47. The molecule has 4 N–H and O–H groups in total. The van der Waals surface area contributed by atoms with Gasteiger partial charge < -0.3 is 9.80 Å². The molecule has 22 heteroatoms. The first-order valence-electron chi connectivity index (χ1n) is 22.4. The number of ketones is 1. The van der Waals surface area contributed by atoms with Crippen LogP contribution in [0.5, 0.6) is 0 Å². The number of anilines is 2. The first-order valence-corrected chi connectivity index (χ1v) is 28.2. The molecule has 70 heavy (non-hydrogen) atoms. The summed E-state index contributed by atoms with van der Waals surface area (Å²) in [5, 5.41) is 0.474. The summed E-state index contributed by atoms with van der Waals surface area (Å²) < 4.78 is 140. The number of imide groups is 1. The average molecular weight is 1040 g/mol. The van der Waals surface area contributed by atoms with Crippen molar-refractivity contribution in [3.05, 3.63) is 95.7 Å². The molecule has 1 atom stereocenters. The van der Waals surface area contributed by atoms with E-state index in [1.165, 1.54) is 24.3 Å². The number of Topliss-reactive ketones (excluding diaryl/α,β-unsaturated/α-hetero) is 1. The molecule has 3 aliphatic heterocycles. The van der Waals surface area contributed by atoms with Gasteiger partial charge in [0.1, 0.15) is 15.6 Å². The molecule has 1 fully saturated rings. The smallest absolute Gasteiger partial charge is 0.295 e. The van der Waals surface area contributed by atoms with E-state index in [0.29, 0.717) is 66.6 Å². The fourth-order valence-electron chi connectivity index (χ4n) is 10.4. The molecule has 0 aromatic heterocycles. The molecule has 2 amide bonds. The standard InChI is InChI=1S/C48H55N3O15S4/c1-7-51-38-19-17-34-36(27-32(68(58,59)60)29-40(34)70(64,65)66)45(38)47(4,5)48(51,6)23-12-8-11-15-41-46(2,3)44-35-26-31(67(55,56)57)28-39(69(61,62)63)33(35)16-18-37(44)49(41)24-13-9-10-14-30(52)22-25-50-42(53)20-21-43(50)54/h8,11-12,15-19,23,26-29H,7,9-10,13-14,20-22,24-25H2,1-6H3,(H,55,56,57)(H,58,59,60)(H,61,62,63)(H,64,65,66)/b11-8+,23-12+,41-15+. The minimum Gasteiger partial charge on any atom is -0.362 e. The maximum Gasteiger partial charge on any atom is 0.295 e. The van der Waals surface area contributed by atoms with E-state index in [1.807, 2.05) is 64.7 Å². The largest absolute Gasteiger partial charge is 0.362 e. The van der Waals surface area contributed by atoms with Crippen molar-refractivity contribution in [1.29, 1.82) is 0 Å². The normalized spacial score (nSPS) is 20.0. The van der Waals surface area contributed by atoms with Gasteiger partial charge in [-0.3, -0.25) is 37.5 Å². The van der Waals surface area contributed by atoms with E-state index in [-0.39, 0.29) is 71.4 Å². The van der Waals surface area contributed by atoms with Crippen molar-refractivity contribution in [3.63, 3.8) is 0 Å². The zero-order valence-electron chi connectivity index (χ0n) is 39.3. The summed E-state index contributed by atoms with van der Waals surface area (Å²) >= 11 is 0. The number of amides is 2. The van der Waals surface area contributed by atoms with Gasteiger partial charge in [-0.15, -0.1) is 0 Å².